The van der Waals surface area contributed by atoms with Crippen LogP contribution < -0.4 is 10.6 Å². The molecule has 3 rings (SSSR count). The highest BCUT2D eigenvalue weighted by molar-refractivity contribution is 7.08. The van der Waals surface area contributed by atoms with Crippen LogP contribution in [0.5, 0.6) is 0 Å². The third kappa shape index (κ3) is 3.36. The molecule has 5 heteroatoms. The first kappa shape index (κ1) is 16.7. The van der Waals surface area contributed by atoms with Crippen molar-refractivity contribution in [2.75, 3.05) is 7.05 Å². The van der Waals surface area contributed by atoms with Crippen molar-refractivity contribution >= 4 is 23.2 Å². The second-order valence-corrected chi connectivity index (χ2v) is 7.05. The van der Waals surface area contributed by atoms with Crippen LogP contribution in [0.3, 0.4) is 0 Å². The van der Waals surface area contributed by atoms with E-state index in [-0.39, 0.29) is 11.8 Å². The van der Waals surface area contributed by atoms with Crippen molar-refractivity contribution < 1.29 is 9.59 Å². The van der Waals surface area contributed by atoms with Crippen molar-refractivity contribution in [3.05, 3.63) is 46.7 Å². The Hall–Kier alpha value is -2.14. The SMILES string of the molecule is CNC(=O)C1(NC(=O)c2cccc(-c3ccsc3)c2)CCCCC1. The summed E-state index contributed by atoms with van der Waals surface area (Å²) < 4.78 is 0. The minimum atomic E-state index is -0.775. The summed E-state index contributed by atoms with van der Waals surface area (Å²) in [6, 6.07) is 9.60. The van der Waals surface area contributed by atoms with E-state index in [1.807, 2.05) is 29.6 Å². The lowest BCUT2D eigenvalue weighted by atomic mass is 9.80. The molecular weight excluding hydrogens is 320 g/mol. The van der Waals surface area contributed by atoms with Gasteiger partial charge in [-0.15, -0.1) is 0 Å². The smallest absolute Gasteiger partial charge is 0.252 e. The summed E-state index contributed by atoms with van der Waals surface area (Å²) in [5, 5.41) is 9.82. The average Bonchev–Trinajstić information content (AvgIpc) is 3.16. The Kier molecular flexibility index (Phi) is 5.00. The number of nitrogens with one attached hydrogen (secondary N) is 2. The summed E-state index contributed by atoms with van der Waals surface area (Å²) in [6.45, 7) is 0. The predicted octanol–water partition coefficient (Wildman–Crippen LogP) is 3.59. The molecule has 0 atom stereocenters. The van der Waals surface area contributed by atoms with Crippen LogP contribution in [0.4, 0.5) is 0 Å². The highest BCUT2D eigenvalue weighted by Crippen LogP contribution is 2.29. The number of carbonyl (C=O) groups excluding carboxylic acids is 2. The van der Waals surface area contributed by atoms with Crippen LogP contribution in [-0.4, -0.2) is 24.4 Å². The molecule has 126 valence electrons. The molecule has 0 spiro atoms. The Bertz CT molecular complexity index is 719. The molecule has 2 N–H and O–H groups in total. The molecule has 2 aromatic rings. The van der Waals surface area contributed by atoms with Gasteiger partial charge in [0.25, 0.3) is 5.91 Å². The van der Waals surface area contributed by atoms with Crippen LogP contribution >= 0.6 is 11.3 Å². The van der Waals surface area contributed by atoms with Crippen LogP contribution in [0.25, 0.3) is 11.1 Å². The molecule has 1 fully saturated rings. The van der Waals surface area contributed by atoms with E-state index in [0.717, 1.165) is 30.4 Å². The van der Waals surface area contributed by atoms with Gasteiger partial charge in [0.15, 0.2) is 0 Å². The fraction of sp³-hybridized carbons (Fsp3) is 0.368. The number of hydrogen-bond donors (Lipinski definition) is 2. The summed E-state index contributed by atoms with van der Waals surface area (Å²) in [4.78, 5) is 25.2. The maximum Gasteiger partial charge on any atom is 0.252 e. The third-order valence-corrected chi connectivity index (χ3v) is 5.38. The first-order valence-electron chi connectivity index (χ1n) is 8.32. The summed E-state index contributed by atoms with van der Waals surface area (Å²) in [5.41, 5.74) is 1.94. The Morgan fingerprint density at radius 2 is 1.88 bits per heavy atom. The molecule has 24 heavy (non-hydrogen) atoms. The molecule has 4 nitrogen and oxygen atoms in total. The number of thiophene rings is 1. The van der Waals surface area contributed by atoms with Crippen molar-refractivity contribution in [3.63, 3.8) is 0 Å². The van der Waals surface area contributed by atoms with Crippen molar-refractivity contribution in [1.29, 1.82) is 0 Å². The highest BCUT2D eigenvalue weighted by Gasteiger charge is 2.40. The van der Waals surface area contributed by atoms with E-state index in [1.54, 1.807) is 24.5 Å². The van der Waals surface area contributed by atoms with Gasteiger partial charge >= 0.3 is 0 Å². The number of benzene rings is 1. The van der Waals surface area contributed by atoms with Gasteiger partial charge in [-0.2, -0.15) is 11.3 Å². The highest BCUT2D eigenvalue weighted by atomic mass is 32.1. The summed E-state index contributed by atoms with van der Waals surface area (Å²) in [7, 11) is 1.63. The minimum absolute atomic E-state index is 0.0930. The number of likely N-dealkylation sites (N-methyl/N-ethyl adjacent to an activating group) is 1. The maximum atomic E-state index is 12.8. The topological polar surface area (TPSA) is 58.2 Å². The van der Waals surface area contributed by atoms with Crippen LogP contribution in [-0.2, 0) is 4.79 Å². The van der Waals surface area contributed by atoms with Gasteiger partial charge in [-0.1, -0.05) is 31.4 Å². The van der Waals surface area contributed by atoms with Gasteiger partial charge in [0, 0.05) is 12.6 Å². The molecule has 0 aliphatic heterocycles. The van der Waals surface area contributed by atoms with Crippen LogP contribution in [0, 0.1) is 0 Å². The number of hydrogen-bond acceptors (Lipinski definition) is 3. The van der Waals surface area contributed by atoms with E-state index in [1.165, 1.54) is 0 Å². The number of amides is 2. The standard InChI is InChI=1S/C19H22N2O2S/c1-20-18(23)19(9-3-2-4-10-19)21-17(22)15-7-5-6-14(12-15)16-8-11-24-13-16/h5-8,11-13H,2-4,9-10H2,1H3,(H,20,23)(H,21,22). The minimum Gasteiger partial charge on any atom is -0.357 e. The first-order valence-corrected chi connectivity index (χ1v) is 9.26. The lowest BCUT2D eigenvalue weighted by molar-refractivity contribution is -0.128. The average molecular weight is 342 g/mol. The molecule has 0 radical (unpaired) electrons. The fourth-order valence-electron chi connectivity index (χ4n) is 3.36. The molecule has 1 aliphatic rings. The van der Waals surface area contributed by atoms with Gasteiger partial charge < -0.3 is 10.6 Å². The van der Waals surface area contributed by atoms with E-state index < -0.39 is 5.54 Å². The lowest BCUT2D eigenvalue weighted by Crippen LogP contribution is -2.59. The van der Waals surface area contributed by atoms with E-state index >= 15 is 0 Å². The fourth-order valence-corrected chi connectivity index (χ4v) is 4.03. The van der Waals surface area contributed by atoms with Crippen LogP contribution in [0.2, 0.25) is 0 Å². The first-order chi connectivity index (χ1) is 11.6. The summed E-state index contributed by atoms with van der Waals surface area (Å²) in [5.74, 6) is -0.276. The largest absolute Gasteiger partial charge is 0.357 e. The van der Waals surface area contributed by atoms with Gasteiger partial charge in [0.05, 0.1) is 0 Å². The van der Waals surface area contributed by atoms with E-state index in [9.17, 15) is 9.59 Å². The van der Waals surface area contributed by atoms with Gasteiger partial charge in [0.2, 0.25) is 5.91 Å². The zero-order chi connectivity index (χ0) is 17.0. The lowest BCUT2D eigenvalue weighted by Gasteiger charge is -2.36. The molecule has 2 amide bonds. The molecule has 0 bridgehead atoms. The monoisotopic (exact) mass is 342 g/mol. The number of carbonyl (C=O) groups is 2. The molecule has 0 saturated heterocycles. The molecule has 1 aromatic heterocycles. The van der Waals surface area contributed by atoms with Gasteiger partial charge in [0.1, 0.15) is 5.54 Å². The van der Waals surface area contributed by atoms with E-state index in [0.29, 0.717) is 18.4 Å². The predicted molar refractivity (Wildman–Crippen MR) is 97.1 cm³/mol. The maximum absolute atomic E-state index is 12.8. The molecule has 0 unspecified atom stereocenters. The van der Waals surface area contributed by atoms with Crippen molar-refractivity contribution in [1.82, 2.24) is 10.6 Å². The molecule has 1 aliphatic carbocycles. The van der Waals surface area contributed by atoms with Crippen LogP contribution in [0.15, 0.2) is 41.1 Å². The second kappa shape index (κ2) is 7.18. The molecule has 1 saturated carbocycles. The molecule has 1 aromatic carbocycles. The third-order valence-electron chi connectivity index (χ3n) is 4.70. The Morgan fingerprint density at radius 1 is 1.08 bits per heavy atom. The zero-order valence-corrected chi connectivity index (χ0v) is 14.6. The van der Waals surface area contributed by atoms with Crippen molar-refractivity contribution in [3.8, 4) is 11.1 Å². The quantitative estimate of drug-likeness (QED) is 0.892. The van der Waals surface area contributed by atoms with Gasteiger partial charge in [-0.05, 0) is 52.9 Å². The molecule has 1 heterocycles. The molecular formula is C19H22N2O2S. The van der Waals surface area contributed by atoms with E-state index in [4.69, 9.17) is 0 Å². The summed E-state index contributed by atoms with van der Waals surface area (Å²) in [6.07, 6.45) is 4.43. The Labute approximate surface area is 146 Å². The van der Waals surface area contributed by atoms with Crippen molar-refractivity contribution in [2.24, 2.45) is 0 Å². The zero-order valence-electron chi connectivity index (χ0n) is 13.8. The Balaban J connectivity index is 1.83. The second-order valence-electron chi connectivity index (χ2n) is 6.27. The summed E-state index contributed by atoms with van der Waals surface area (Å²) >= 11 is 1.63. The van der Waals surface area contributed by atoms with Crippen LogP contribution in [0.1, 0.15) is 42.5 Å². The Morgan fingerprint density at radius 3 is 2.54 bits per heavy atom. The normalized spacial score (nSPS) is 16.4. The van der Waals surface area contributed by atoms with Gasteiger partial charge in [-0.25, -0.2) is 0 Å². The van der Waals surface area contributed by atoms with E-state index in [2.05, 4.69) is 16.0 Å². The van der Waals surface area contributed by atoms with Crippen molar-refractivity contribution in [2.45, 2.75) is 37.6 Å². The van der Waals surface area contributed by atoms with Gasteiger partial charge in [-0.3, -0.25) is 9.59 Å². The number of rotatable bonds is 4.